The van der Waals surface area contributed by atoms with Crippen LogP contribution < -0.4 is 5.73 Å². The van der Waals surface area contributed by atoms with Crippen molar-refractivity contribution in [1.29, 1.82) is 0 Å². The van der Waals surface area contributed by atoms with E-state index in [4.69, 9.17) is 24.3 Å². The summed E-state index contributed by atoms with van der Waals surface area (Å²) in [5.74, 6) is -0.832. The third-order valence-corrected chi connectivity index (χ3v) is 15.9. The van der Waals surface area contributed by atoms with Gasteiger partial charge in [-0.3, -0.25) is 18.6 Å². The van der Waals surface area contributed by atoms with E-state index in [9.17, 15) is 19.0 Å². The molecule has 0 bridgehead atoms. The van der Waals surface area contributed by atoms with Gasteiger partial charge < -0.3 is 20.1 Å². The van der Waals surface area contributed by atoms with Crippen LogP contribution in [0.25, 0.3) is 0 Å². The number of allylic oxidation sites excluding steroid dienone is 16. The maximum Gasteiger partial charge on any atom is 0.472 e. The molecule has 0 heterocycles. The van der Waals surface area contributed by atoms with Crippen molar-refractivity contribution < 1.29 is 37.6 Å². The van der Waals surface area contributed by atoms with E-state index in [1.165, 1.54) is 193 Å². The number of hydrogen-bond donors (Lipinski definition) is 2. The molecule has 0 fully saturated rings. The van der Waals surface area contributed by atoms with Crippen LogP contribution in [0.1, 0.15) is 322 Å². The number of unbranched alkanes of at least 4 members (excludes halogenated alkanes) is 36. The van der Waals surface area contributed by atoms with E-state index in [0.717, 1.165) is 96.3 Å². The molecule has 2 unspecified atom stereocenters. The average molecular weight is 1180 g/mol. The van der Waals surface area contributed by atoms with Crippen LogP contribution in [0, 0.1) is 0 Å². The minimum Gasteiger partial charge on any atom is -0.462 e. The Bertz CT molecular complexity index is 1680. The monoisotopic (exact) mass is 1180 g/mol. The molecule has 0 saturated heterocycles. The van der Waals surface area contributed by atoms with Crippen molar-refractivity contribution in [2.45, 2.75) is 328 Å². The third kappa shape index (κ3) is 67.9. The SMILES string of the molecule is CC/C=C\C/C=C\C/C=C\C/C=C\C/C=C\CCCCCCCCCCCCCCCCCCCCCCCCCCCC(=O)OC(COC(=O)CCCCCCCC/C=C\C/C=C\C/C=C\CCCCCCC)COP(=O)(O)OCCN. The predicted octanol–water partition coefficient (Wildman–Crippen LogP) is 22.7. The highest BCUT2D eigenvalue weighted by atomic mass is 31.2. The lowest BCUT2D eigenvalue weighted by Gasteiger charge is -2.19. The van der Waals surface area contributed by atoms with Crippen LogP contribution in [0.15, 0.2) is 97.2 Å². The van der Waals surface area contributed by atoms with Gasteiger partial charge in [-0.25, -0.2) is 4.57 Å². The molecule has 0 aliphatic heterocycles. The zero-order valence-electron chi connectivity index (χ0n) is 53.9. The first kappa shape index (κ1) is 79.9. The predicted molar refractivity (Wildman–Crippen MR) is 358 cm³/mol. The minimum atomic E-state index is -4.40. The molecule has 0 aromatic rings. The van der Waals surface area contributed by atoms with E-state index in [0.29, 0.717) is 6.42 Å². The normalized spacial score (nSPS) is 13.5. The van der Waals surface area contributed by atoms with Gasteiger partial charge in [0.05, 0.1) is 13.2 Å². The molecule has 0 amide bonds. The van der Waals surface area contributed by atoms with Gasteiger partial charge in [-0.2, -0.15) is 0 Å². The van der Waals surface area contributed by atoms with Crippen molar-refractivity contribution in [3.05, 3.63) is 97.2 Å². The van der Waals surface area contributed by atoms with Crippen molar-refractivity contribution >= 4 is 19.8 Å². The Balaban J connectivity index is 3.81. The molecule has 0 aliphatic rings. The van der Waals surface area contributed by atoms with E-state index in [-0.39, 0.29) is 38.6 Å². The molecule has 2 atom stereocenters. The van der Waals surface area contributed by atoms with Gasteiger partial charge in [-0.15, -0.1) is 0 Å². The number of phosphoric acid groups is 1. The first-order valence-corrected chi connectivity index (χ1v) is 36.2. The summed E-state index contributed by atoms with van der Waals surface area (Å²) >= 11 is 0. The molecular weight excluding hydrogens is 1050 g/mol. The molecule has 0 aromatic heterocycles. The molecule has 9 nitrogen and oxygen atoms in total. The molecule has 0 spiro atoms. The lowest BCUT2D eigenvalue weighted by atomic mass is 10.0. The standard InChI is InChI=1S/C73H130NO8P/c1-3-5-7-9-11-13-15-17-19-21-23-25-26-27-28-29-30-31-32-33-34-35-36-37-38-39-40-41-42-43-44-46-48-50-52-54-56-58-60-62-64-66-73(76)82-71(70-81-83(77,78)80-68-67-74)69-79-72(75)65-63-61-59-57-55-53-51-49-47-45-24-22-20-18-16-14-12-10-8-6-4-2/h5,7,11,13,16-19,22-25,27-28,47,49,71H,3-4,6,8-10,12,14-15,20-21,26,29-46,48,50-70,74H2,1-2H3,(H,77,78)/b7-5-,13-11-,18-16-,19-17-,24-22-,25-23-,28-27-,49-47-. The molecule has 83 heavy (non-hydrogen) atoms. The van der Waals surface area contributed by atoms with E-state index < -0.39 is 26.5 Å². The molecule has 10 heteroatoms. The topological polar surface area (TPSA) is 134 Å². The molecule has 0 rings (SSSR count). The number of carbonyl (C=O) groups excluding carboxylic acids is 2. The summed E-state index contributed by atoms with van der Waals surface area (Å²) in [6, 6.07) is 0. The Morgan fingerprint density at radius 2 is 0.663 bits per heavy atom. The van der Waals surface area contributed by atoms with E-state index in [1.54, 1.807) is 0 Å². The van der Waals surface area contributed by atoms with E-state index >= 15 is 0 Å². The molecule has 0 radical (unpaired) electrons. The van der Waals surface area contributed by atoms with E-state index in [2.05, 4.69) is 111 Å². The van der Waals surface area contributed by atoms with Crippen molar-refractivity contribution in [2.75, 3.05) is 26.4 Å². The highest BCUT2D eigenvalue weighted by Crippen LogP contribution is 2.43. The maximum absolute atomic E-state index is 12.8. The summed E-state index contributed by atoms with van der Waals surface area (Å²) in [6.45, 7) is 3.64. The summed E-state index contributed by atoms with van der Waals surface area (Å²) in [6.07, 6.45) is 92.2. The van der Waals surface area contributed by atoms with Gasteiger partial charge >= 0.3 is 19.8 Å². The zero-order valence-corrected chi connectivity index (χ0v) is 54.8. The van der Waals surface area contributed by atoms with Crippen molar-refractivity contribution in [2.24, 2.45) is 5.73 Å². The lowest BCUT2D eigenvalue weighted by Crippen LogP contribution is -2.29. The van der Waals surface area contributed by atoms with Crippen LogP contribution >= 0.6 is 7.82 Å². The first-order valence-electron chi connectivity index (χ1n) is 34.7. The van der Waals surface area contributed by atoms with Crippen molar-refractivity contribution in [3.63, 3.8) is 0 Å². The van der Waals surface area contributed by atoms with Crippen LogP contribution in [0.2, 0.25) is 0 Å². The third-order valence-electron chi connectivity index (χ3n) is 15.0. The van der Waals surface area contributed by atoms with Gasteiger partial charge in [0.1, 0.15) is 6.61 Å². The number of rotatable bonds is 65. The zero-order chi connectivity index (χ0) is 60.1. The number of phosphoric ester groups is 1. The second-order valence-corrected chi connectivity index (χ2v) is 24.5. The second kappa shape index (κ2) is 68.0. The molecule has 0 aromatic carbocycles. The summed E-state index contributed by atoms with van der Waals surface area (Å²) in [7, 11) is -4.40. The maximum atomic E-state index is 12.8. The largest absolute Gasteiger partial charge is 0.472 e. The summed E-state index contributed by atoms with van der Waals surface area (Å²) in [4.78, 5) is 35.3. The number of nitrogens with two attached hydrogens (primary N) is 1. The van der Waals surface area contributed by atoms with Gasteiger partial charge in [0.2, 0.25) is 0 Å². The molecular formula is C73H130NO8P. The second-order valence-electron chi connectivity index (χ2n) is 23.0. The quantitative estimate of drug-likeness (QED) is 0.0264. The fourth-order valence-electron chi connectivity index (χ4n) is 9.85. The molecule has 480 valence electrons. The average Bonchev–Trinajstić information content (AvgIpc) is 3.49. The van der Waals surface area contributed by atoms with Gasteiger partial charge in [-0.1, -0.05) is 310 Å². The van der Waals surface area contributed by atoms with Crippen LogP contribution in [0.4, 0.5) is 0 Å². The number of carbonyl (C=O) groups is 2. The fourth-order valence-corrected chi connectivity index (χ4v) is 10.6. The van der Waals surface area contributed by atoms with Crippen LogP contribution in [-0.4, -0.2) is 49.3 Å². The number of hydrogen-bond acceptors (Lipinski definition) is 8. The van der Waals surface area contributed by atoms with Gasteiger partial charge in [0, 0.05) is 19.4 Å². The van der Waals surface area contributed by atoms with Gasteiger partial charge in [0.15, 0.2) is 6.10 Å². The summed E-state index contributed by atoms with van der Waals surface area (Å²) in [5.41, 5.74) is 5.40. The molecule has 3 N–H and O–H groups in total. The highest BCUT2D eigenvalue weighted by Gasteiger charge is 2.26. The number of esters is 2. The smallest absolute Gasteiger partial charge is 0.462 e. The first-order chi connectivity index (χ1) is 40.8. The Hall–Kier alpha value is -3.07. The molecule has 0 aliphatic carbocycles. The van der Waals surface area contributed by atoms with Crippen LogP contribution in [0.3, 0.4) is 0 Å². The molecule has 0 saturated carbocycles. The van der Waals surface area contributed by atoms with Crippen molar-refractivity contribution in [3.8, 4) is 0 Å². The highest BCUT2D eigenvalue weighted by molar-refractivity contribution is 7.47. The summed E-state index contributed by atoms with van der Waals surface area (Å²) < 4.78 is 33.1. The fraction of sp³-hybridized carbons (Fsp3) is 0.753. The summed E-state index contributed by atoms with van der Waals surface area (Å²) in [5, 5.41) is 0. The Morgan fingerprint density at radius 1 is 0.373 bits per heavy atom. The van der Waals surface area contributed by atoms with Gasteiger partial charge in [-0.05, 0) is 96.3 Å². The van der Waals surface area contributed by atoms with Gasteiger partial charge in [0.25, 0.3) is 0 Å². The van der Waals surface area contributed by atoms with E-state index in [1.807, 2.05) is 0 Å². The Kier molecular flexibility index (Phi) is 65.5. The Labute approximate surface area is 512 Å². The Morgan fingerprint density at radius 3 is 0.988 bits per heavy atom. The van der Waals surface area contributed by atoms with Crippen LogP contribution in [0.5, 0.6) is 0 Å². The van der Waals surface area contributed by atoms with Crippen molar-refractivity contribution in [1.82, 2.24) is 0 Å². The minimum absolute atomic E-state index is 0.0499. The number of ether oxygens (including phenoxy) is 2. The van der Waals surface area contributed by atoms with Crippen LogP contribution in [-0.2, 0) is 32.7 Å². The lowest BCUT2D eigenvalue weighted by molar-refractivity contribution is -0.161.